The smallest absolute Gasteiger partial charge is 0.316 e. The predicted molar refractivity (Wildman–Crippen MR) is 164 cm³/mol. The van der Waals surface area contributed by atoms with E-state index in [-0.39, 0.29) is 34.7 Å². The number of Topliss-reactive ketones (excluding diaryl/α,β-unsaturated/α-hetero) is 1. The summed E-state index contributed by atoms with van der Waals surface area (Å²) in [4.78, 5) is 39.5. The molecule has 9 nitrogen and oxygen atoms in total. The van der Waals surface area contributed by atoms with Crippen LogP contribution in [0.1, 0.15) is 70.2 Å². The Bertz CT molecular complexity index is 1400. The lowest BCUT2D eigenvalue weighted by molar-refractivity contribution is -0.205. The molecule has 3 fully saturated rings. The van der Waals surface area contributed by atoms with E-state index in [9.17, 15) is 19.5 Å². The third kappa shape index (κ3) is 5.07. The van der Waals surface area contributed by atoms with E-state index in [2.05, 4.69) is 42.9 Å². The summed E-state index contributed by atoms with van der Waals surface area (Å²) in [6, 6.07) is 6.75. The number of hydrogen-bond donors (Lipinski definition) is 3. The van der Waals surface area contributed by atoms with Crippen LogP contribution in [0.4, 0.5) is 10.8 Å². The molecule has 2 aromatic rings. The molecule has 3 aliphatic carbocycles. The fourth-order valence-corrected chi connectivity index (χ4v) is 9.53. The zero-order valence-electron chi connectivity index (χ0n) is 24.6. The number of esters is 1. The van der Waals surface area contributed by atoms with Gasteiger partial charge in [-0.3, -0.25) is 19.7 Å². The highest BCUT2D eigenvalue weighted by Crippen LogP contribution is 2.68. The monoisotopic (exact) mass is 612 g/mol. The van der Waals surface area contributed by atoms with Gasteiger partial charge in [0, 0.05) is 28.9 Å². The summed E-state index contributed by atoms with van der Waals surface area (Å²) in [7, 11) is 0. The number of rotatable bonds is 7. The van der Waals surface area contributed by atoms with Gasteiger partial charge in [-0.25, -0.2) is 0 Å². The number of anilines is 2. The number of benzene rings is 1. The van der Waals surface area contributed by atoms with Crippen molar-refractivity contribution in [2.75, 3.05) is 16.8 Å². The number of nitrogens with two attached hydrogens (primary N) is 1. The molecule has 2 bridgehead atoms. The van der Waals surface area contributed by atoms with Crippen LogP contribution in [-0.2, 0) is 14.3 Å². The molecule has 0 unspecified atom stereocenters. The first kappa shape index (κ1) is 30.7. The molecular formula is C31H40N4O5S2. The Labute approximate surface area is 255 Å². The predicted octanol–water partition coefficient (Wildman–Crippen LogP) is 5.37. The molecule has 226 valence electrons. The van der Waals surface area contributed by atoms with Crippen LogP contribution in [0.5, 0.6) is 0 Å². The van der Waals surface area contributed by atoms with Crippen molar-refractivity contribution in [3.8, 4) is 0 Å². The summed E-state index contributed by atoms with van der Waals surface area (Å²) in [5.41, 5.74) is 5.02. The van der Waals surface area contributed by atoms with Crippen LogP contribution < -0.4 is 11.1 Å². The van der Waals surface area contributed by atoms with Gasteiger partial charge in [-0.2, -0.15) is 0 Å². The van der Waals surface area contributed by atoms with E-state index in [4.69, 9.17) is 10.5 Å². The van der Waals surface area contributed by atoms with E-state index >= 15 is 0 Å². The van der Waals surface area contributed by atoms with Crippen molar-refractivity contribution < 1.29 is 24.2 Å². The summed E-state index contributed by atoms with van der Waals surface area (Å²) in [6.07, 6.45) is 3.95. The molecule has 0 spiro atoms. The number of para-hydroxylation sites is 1. The molecule has 5 rings (SSSR count). The Morgan fingerprint density at radius 2 is 2.00 bits per heavy atom. The van der Waals surface area contributed by atoms with E-state index in [1.165, 1.54) is 11.8 Å². The zero-order valence-corrected chi connectivity index (χ0v) is 26.2. The number of hydrogen-bond acceptors (Lipinski definition) is 10. The molecule has 1 aromatic heterocycles. The SMILES string of the molecule is C=C[C@]1(C)C[C@@H](OC(=O)CSc2nnc(NC(=O)c3ccccc3N)s2)[C@]2(C)[C@H](C)CC[C@]3(CCC(=O)[C@H]32)[C@@H](C)[C@@H]1O. The first-order chi connectivity index (χ1) is 19.9. The molecule has 1 heterocycles. The number of nitrogens with one attached hydrogen (secondary N) is 1. The fourth-order valence-electron chi connectivity index (χ4n) is 8.00. The number of carbonyl (C=O) groups is 3. The van der Waals surface area contributed by atoms with E-state index < -0.39 is 34.9 Å². The van der Waals surface area contributed by atoms with Crippen LogP contribution in [0.25, 0.3) is 0 Å². The van der Waals surface area contributed by atoms with E-state index in [1.807, 2.05) is 6.92 Å². The first-order valence-electron chi connectivity index (χ1n) is 14.5. The largest absolute Gasteiger partial charge is 0.461 e. The third-order valence-electron chi connectivity index (χ3n) is 10.7. The number of carbonyl (C=O) groups excluding carboxylic acids is 3. The number of ether oxygens (including phenoxy) is 1. The average molecular weight is 613 g/mol. The minimum Gasteiger partial charge on any atom is -0.461 e. The molecule has 0 radical (unpaired) electrons. The second kappa shape index (κ2) is 11.4. The number of aliphatic hydroxyl groups excluding tert-OH is 1. The van der Waals surface area contributed by atoms with Gasteiger partial charge < -0.3 is 15.6 Å². The molecule has 42 heavy (non-hydrogen) atoms. The minimum absolute atomic E-state index is 0.0112. The summed E-state index contributed by atoms with van der Waals surface area (Å²) in [6.45, 7) is 12.4. The van der Waals surface area contributed by atoms with Crippen molar-refractivity contribution in [2.45, 2.75) is 76.3 Å². The van der Waals surface area contributed by atoms with Crippen LogP contribution in [0.15, 0.2) is 41.3 Å². The highest BCUT2D eigenvalue weighted by Gasteiger charge is 2.68. The van der Waals surface area contributed by atoms with Crippen LogP contribution in [-0.4, -0.2) is 50.9 Å². The van der Waals surface area contributed by atoms with Crippen LogP contribution in [0.3, 0.4) is 0 Å². The third-order valence-corrected chi connectivity index (χ3v) is 12.7. The second-order valence-corrected chi connectivity index (χ2v) is 15.0. The van der Waals surface area contributed by atoms with Gasteiger partial charge in [-0.05, 0) is 55.1 Å². The number of nitrogen functional groups attached to an aromatic ring is 1. The number of ketones is 1. The van der Waals surface area contributed by atoms with Gasteiger partial charge >= 0.3 is 5.97 Å². The first-order valence-corrected chi connectivity index (χ1v) is 16.3. The summed E-state index contributed by atoms with van der Waals surface area (Å²) >= 11 is 2.33. The molecule has 1 aromatic carbocycles. The Morgan fingerprint density at radius 1 is 1.26 bits per heavy atom. The number of thioether (sulfide) groups is 1. The lowest BCUT2D eigenvalue weighted by Gasteiger charge is -2.61. The lowest BCUT2D eigenvalue weighted by atomic mass is 9.44. The van der Waals surface area contributed by atoms with Gasteiger partial charge in [0.05, 0.1) is 17.4 Å². The van der Waals surface area contributed by atoms with Crippen molar-refractivity contribution in [1.82, 2.24) is 10.2 Å². The maximum absolute atomic E-state index is 13.5. The highest BCUT2D eigenvalue weighted by atomic mass is 32.2. The van der Waals surface area contributed by atoms with Crippen molar-refractivity contribution in [1.29, 1.82) is 0 Å². The summed E-state index contributed by atoms with van der Waals surface area (Å²) in [5, 5.41) is 22.8. The van der Waals surface area contributed by atoms with Crippen molar-refractivity contribution >= 4 is 51.6 Å². The summed E-state index contributed by atoms with van der Waals surface area (Å²) in [5.74, 6) is -0.796. The van der Waals surface area contributed by atoms with Crippen molar-refractivity contribution in [2.24, 2.45) is 34.0 Å². The number of amides is 1. The van der Waals surface area contributed by atoms with Gasteiger partial charge in [0.15, 0.2) is 4.34 Å². The molecule has 3 saturated carbocycles. The maximum atomic E-state index is 13.5. The normalized spacial score (nSPS) is 35.9. The highest BCUT2D eigenvalue weighted by molar-refractivity contribution is 8.01. The van der Waals surface area contributed by atoms with Gasteiger partial charge in [0.25, 0.3) is 5.91 Å². The van der Waals surface area contributed by atoms with Gasteiger partial charge in [0.1, 0.15) is 11.9 Å². The van der Waals surface area contributed by atoms with E-state index in [1.54, 1.807) is 30.3 Å². The van der Waals surface area contributed by atoms with E-state index in [0.29, 0.717) is 33.6 Å². The Balaban J connectivity index is 1.33. The molecule has 0 saturated heterocycles. The molecule has 1 amide bonds. The van der Waals surface area contributed by atoms with Gasteiger partial charge in [0.2, 0.25) is 5.13 Å². The number of aliphatic hydroxyl groups is 1. The quantitative estimate of drug-likeness (QED) is 0.124. The summed E-state index contributed by atoms with van der Waals surface area (Å²) < 4.78 is 6.79. The molecule has 8 atom stereocenters. The van der Waals surface area contributed by atoms with Crippen LogP contribution >= 0.6 is 23.1 Å². The number of aromatic nitrogens is 2. The minimum atomic E-state index is -0.710. The van der Waals surface area contributed by atoms with Crippen molar-refractivity contribution in [3.63, 3.8) is 0 Å². The number of nitrogens with zero attached hydrogens (tertiary/aromatic N) is 2. The lowest BCUT2D eigenvalue weighted by Crippen LogP contribution is -2.63. The van der Waals surface area contributed by atoms with Gasteiger partial charge in [-0.1, -0.05) is 69.0 Å². The Kier molecular flexibility index (Phi) is 8.32. The molecule has 11 heteroatoms. The Hall–Kier alpha value is -2.76. The molecular weight excluding hydrogens is 572 g/mol. The topological polar surface area (TPSA) is 144 Å². The van der Waals surface area contributed by atoms with Crippen LogP contribution in [0, 0.1) is 34.0 Å². The van der Waals surface area contributed by atoms with Gasteiger partial charge in [-0.15, -0.1) is 16.8 Å². The zero-order chi connectivity index (χ0) is 30.4. The van der Waals surface area contributed by atoms with Crippen molar-refractivity contribution in [3.05, 3.63) is 42.5 Å². The Morgan fingerprint density at radius 3 is 2.71 bits per heavy atom. The van der Waals surface area contributed by atoms with E-state index in [0.717, 1.165) is 30.6 Å². The average Bonchev–Trinajstić information content (AvgIpc) is 3.57. The second-order valence-electron chi connectivity index (χ2n) is 12.8. The fraction of sp³-hybridized carbons (Fsp3) is 0.581. The maximum Gasteiger partial charge on any atom is 0.316 e. The standard InChI is InChI=1S/C31H40N4O5S2/c1-6-29(4)15-22(30(5)17(2)11-13-31(18(3)25(29)38)14-12-21(36)24(30)31)40-23(37)16-41-28-35-34-27(42-28)33-26(39)19-9-7-8-10-20(19)32/h6-10,17-18,22,24-25,38H,1,11-16,32H2,2-5H3,(H,33,34,39)/t17-,18+,22-,24+,25+,29-,30+,31+/m1/s1. The molecule has 3 aliphatic rings. The molecule has 4 N–H and O–H groups in total. The molecule has 0 aliphatic heterocycles. The van der Waals surface area contributed by atoms with Crippen LogP contribution in [0.2, 0.25) is 0 Å².